The Hall–Kier alpha value is -3.10. The van der Waals surface area contributed by atoms with Crippen molar-refractivity contribution in [2.24, 2.45) is 0 Å². The molecule has 0 aromatic carbocycles. The molecule has 1 saturated heterocycles. The van der Waals surface area contributed by atoms with Crippen molar-refractivity contribution >= 4 is 17.4 Å². The summed E-state index contributed by atoms with van der Waals surface area (Å²) < 4.78 is 9.27. The molecule has 0 aliphatic carbocycles. The Morgan fingerprint density at radius 3 is 2.81 bits per heavy atom. The number of likely N-dealkylation sites (tertiary alicyclic amines) is 1. The summed E-state index contributed by atoms with van der Waals surface area (Å²) in [5.74, 6) is 0.801. The highest BCUT2D eigenvalue weighted by Crippen LogP contribution is 2.25. The first-order chi connectivity index (χ1) is 14.8. The average molecular weight is 426 g/mol. The van der Waals surface area contributed by atoms with E-state index in [0.717, 1.165) is 48.4 Å². The monoisotopic (exact) mass is 425 g/mol. The number of aromatic nitrogens is 5. The first-order valence-electron chi connectivity index (χ1n) is 10.9. The summed E-state index contributed by atoms with van der Waals surface area (Å²) in [5.41, 5.74) is 2.23. The highest BCUT2D eigenvalue weighted by molar-refractivity contribution is 5.72. The van der Waals surface area contributed by atoms with E-state index in [-0.39, 0.29) is 12.1 Å². The third-order valence-electron chi connectivity index (χ3n) is 5.36. The molecule has 1 amide bonds. The van der Waals surface area contributed by atoms with E-state index in [1.165, 1.54) is 0 Å². The van der Waals surface area contributed by atoms with Crippen LogP contribution in [0.25, 0.3) is 16.8 Å². The molecular formula is C22H31N7O2. The summed E-state index contributed by atoms with van der Waals surface area (Å²) in [6.45, 7) is 9.92. The number of hydrogen-bond donors (Lipinski definition) is 1. The fourth-order valence-corrected chi connectivity index (χ4v) is 3.78. The van der Waals surface area contributed by atoms with Gasteiger partial charge in [-0.15, -0.1) is 0 Å². The zero-order valence-electron chi connectivity index (χ0n) is 18.7. The van der Waals surface area contributed by atoms with Gasteiger partial charge in [0.2, 0.25) is 0 Å². The number of nitrogens with zero attached hydrogens (tertiary/aromatic N) is 6. The summed E-state index contributed by atoms with van der Waals surface area (Å²) in [6.07, 6.45) is 9.99. The lowest BCUT2D eigenvalue weighted by atomic mass is 10.1. The molecule has 4 heterocycles. The number of fused-ring (bicyclic) bond motifs is 1. The second kappa shape index (κ2) is 8.56. The Morgan fingerprint density at radius 2 is 2.06 bits per heavy atom. The van der Waals surface area contributed by atoms with Gasteiger partial charge in [0.05, 0.1) is 24.3 Å². The van der Waals surface area contributed by atoms with Gasteiger partial charge in [0.25, 0.3) is 0 Å². The van der Waals surface area contributed by atoms with E-state index >= 15 is 0 Å². The minimum Gasteiger partial charge on any atom is -0.444 e. The Morgan fingerprint density at radius 1 is 1.23 bits per heavy atom. The van der Waals surface area contributed by atoms with Gasteiger partial charge in [-0.2, -0.15) is 10.2 Å². The molecule has 1 N–H and O–H groups in total. The minimum atomic E-state index is -0.482. The summed E-state index contributed by atoms with van der Waals surface area (Å²) >= 11 is 0. The molecule has 0 bridgehead atoms. The Kier molecular flexibility index (Phi) is 5.84. The minimum absolute atomic E-state index is 0.215. The second-order valence-corrected chi connectivity index (χ2v) is 8.96. The van der Waals surface area contributed by atoms with Crippen molar-refractivity contribution in [3.63, 3.8) is 0 Å². The van der Waals surface area contributed by atoms with Crippen molar-refractivity contribution < 1.29 is 9.53 Å². The van der Waals surface area contributed by atoms with Gasteiger partial charge in [0.15, 0.2) is 5.82 Å². The van der Waals surface area contributed by atoms with E-state index in [9.17, 15) is 4.79 Å². The van der Waals surface area contributed by atoms with E-state index < -0.39 is 5.60 Å². The molecule has 1 aliphatic rings. The first kappa shape index (κ1) is 21.1. The number of ether oxygens (including phenoxy) is 1. The molecule has 0 spiro atoms. The summed E-state index contributed by atoms with van der Waals surface area (Å²) in [4.78, 5) is 19.1. The van der Waals surface area contributed by atoms with E-state index in [4.69, 9.17) is 9.72 Å². The number of anilines is 1. The molecule has 0 radical (unpaired) electrons. The summed E-state index contributed by atoms with van der Waals surface area (Å²) in [5, 5.41) is 12.4. The zero-order valence-corrected chi connectivity index (χ0v) is 18.7. The van der Waals surface area contributed by atoms with E-state index in [1.807, 2.05) is 59.5 Å². The Labute approximate surface area is 182 Å². The van der Waals surface area contributed by atoms with Crippen molar-refractivity contribution in [1.82, 2.24) is 29.3 Å². The van der Waals surface area contributed by atoms with Crippen LogP contribution in [0.5, 0.6) is 0 Å². The molecule has 9 heteroatoms. The normalized spacial score (nSPS) is 17.5. The quantitative estimate of drug-likeness (QED) is 0.684. The smallest absolute Gasteiger partial charge is 0.410 e. The van der Waals surface area contributed by atoms with Gasteiger partial charge in [0, 0.05) is 37.4 Å². The maximum Gasteiger partial charge on any atom is 0.410 e. The summed E-state index contributed by atoms with van der Waals surface area (Å²) in [7, 11) is 0. The van der Waals surface area contributed by atoms with Crippen molar-refractivity contribution in [2.45, 2.75) is 65.1 Å². The molecule has 31 heavy (non-hydrogen) atoms. The van der Waals surface area contributed by atoms with Gasteiger partial charge in [-0.05, 0) is 53.0 Å². The number of amides is 1. The first-order valence-corrected chi connectivity index (χ1v) is 10.9. The molecule has 9 nitrogen and oxygen atoms in total. The second-order valence-electron chi connectivity index (χ2n) is 8.96. The van der Waals surface area contributed by atoms with Crippen LogP contribution in [0.1, 0.15) is 47.0 Å². The molecular weight excluding hydrogens is 394 g/mol. The standard InChI is InChI=1S/C22H31N7O2/c1-5-28-14-16(13-24-28)18-15-29-19(8-10-23-29)20(26-18)25-17-7-6-11-27(12-9-17)21(30)31-22(2,3)4/h8,10,13-15,17H,5-7,9,11-12H2,1-4H3,(H,25,26). The Balaban J connectivity index is 1.50. The lowest BCUT2D eigenvalue weighted by Crippen LogP contribution is -2.37. The van der Waals surface area contributed by atoms with Gasteiger partial charge >= 0.3 is 6.09 Å². The number of rotatable bonds is 4. The topological polar surface area (TPSA) is 89.6 Å². The fourth-order valence-electron chi connectivity index (χ4n) is 3.78. The summed E-state index contributed by atoms with van der Waals surface area (Å²) in [6, 6.07) is 2.17. The van der Waals surface area contributed by atoms with Crippen LogP contribution >= 0.6 is 0 Å². The van der Waals surface area contributed by atoms with Crippen LogP contribution in [0.4, 0.5) is 10.6 Å². The zero-order chi connectivity index (χ0) is 22.0. The SMILES string of the molecule is CCn1cc(-c2cn3nccc3c(NC3CCCN(C(=O)OC(C)(C)C)CC3)n2)cn1. The van der Waals surface area contributed by atoms with E-state index in [2.05, 4.69) is 22.4 Å². The third kappa shape index (κ3) is 4.98. The van der Waals surface area contributed by atoms with Crippen LogP contribution in [0, 0.1) is 0 Å². The molecule has 1 aliphatic heterocycles. The van der Waals surface area contributed by atoms with Crippen LogP contribution in [0.3, 0.4) is 0 Å². The maximum atomic E-state index is 12.5. The van der Waals surface area contributed by atoms with Crippen molar-refractivity contribution in [1.29, 1.82) is 0 Å². The molecule has 1 atom stereocenters. The molecule has 0 saturated carbocycles. The molecule has 166 valence electrons. The van der Waals surface area contributed by atoms with E-state index in [0.29, 0.717) is 13.1 Å². The molecule has 1 fully saturated rings. The number of hydrogen-bond acceptors (Lipinski definition) is 6. The highest BCUT2D eigenvalue weighted by atomic mass is 16.6. The number of carbonyl (C=O) groups is 1. The van der Waals surface area contributed by atoms with Crippen molar-refractivity contribution in [3.05, 3.63) is 30.9 Å². The Bertz CT molecular complexity index is 1050. The van der Waals surface area contributed by atoms with Crippen LogP contribution in [0.15, 0.2) is 30.9 Å². The maximum absolute atomic E-state index is 12.5. The van der Waals surface area contributed by atoms with Crippen molar-refractivity contribution in [2.75, 3.05) is 18.4 Å². The van der Waals surface area contributed by atoms with E-state index in [1.54, 1.807) is 6.20 Å². The fraction of sp³-hybridized carbons (Fsp3) is 0.545. The predicted octanol–water partition coefficient (Wildman–Crippen LogP) is 3.81. The average Bonchev–Trinajstić information content (AvgIpc) is 3.32. The lowest BCUT2D eigenvalue weighted by molar-refractivity contribution is 0.0256. The number of aryl methyl sites for hydroxylation is 1. The third-order valence-corrected chi connectivity index (χ3v) is 5.36. The van der Waals surface area contributed by atoms with Gasteiger partial charge in [-0.25, -0.2) is 14.3 Å². The van der Waals surface area contributed by atoms with Gasteiger partial charge in [0.1, 0.15) is 11.1 Å². The van der Waals surface area contributed by atoms with Crippen LogP contribution < -0.4 is 5.32 Å². The molecule has 3 aromatic heterocycles. The van der Waals surface area contributed by atoms with Crippen LogP contribution in [-0.4, -0.2) is 60.1 Å². The molecule has 1 unspecified atom stereocenters. The number of nitrogens with one attached hydrogen (secondary N) is 1. The number of carbonyl (C=O) groups excluding carboxylic acids is 1. The van der Waals surface area contributed by atoms with Gasteiger partial charge in [-0.1, -0.05) is 0 Å². The van der Waals surface area contributed by atoms with Crippen LogP contribution in [-0.2, 0) is 11.3 Å². The molecule has 3 aromatic rings. The van der Waals surface area contributed by atoms with Crippen LogP contribution in [0.2, 0.25) is 0 Å². The highest BCUT2D eigenvalue weighted by Gasteiger charge is 2.25. The largest absolute Gasteiger partial charge is 0.444 e. The van der Waals surface area contributed by atoms with Crippen molar-refractivity contribution in [3.8, 4) is 11.3 Å². The predicted molar refractivity (Wildman–Crippen MR) is 119 cm³/mol. The van der Waals surface area contributed by atoms with Gasteiger partial charge in [-0.3, -0.25) is 4.68 Å². The lowest BCUT2D eigenvalue weighted by Gasteiger charge is -2.26. The van der Waals surface area contributed by atoms with Gasteiger partial charge < -0.3 is 15.0 Å². The molecule has 4 rings (SSSR count).